The minimum atomic E-state index is -2.33. The lowest BCUT2D eigenvalue weighted by Gasteiger charge is -2.18. The van der Waals surface area contributed by atoms with Crippen molar-refractivity contribution in [3.63, 3.8) is 0 Å². The van der Waals surface area contributed by atoms with Crippen molar-refractivity contribution < 1.29 is 13.2 Å². The summed E-state index contributed by atoms with van der Waals surface area (Å²) in [7, 11) is 0. The van der Waals surface area contributed by atoms with Crippen molar-refractivity contribution in [1.82, 2.24) is 4.90 Å². The van der Waals surface area contributed by atoms with E-state index < -0.39 is 5.92 Å². The van der Waals surface area contributed by atoms with E-state index in [1.165, 1.54) is 12.1 Å². The van der Waals surface area contributed by atoms with E-state index in [2.05, 4.69) is 4.90 Å². The van der Waals surface area contributed by atoms with E-state index in [4.69, 9.17) is 5.73 Å². The number of rotatable bonds is 4. The first-order valence-corrected chi connectivity index (χ1v) is 8.31. The number of piperidine rings is 1. The summed E-state index contributed by atoms with van der Waals surface area (Å²) >= 11 is 1.61. The smallest absolute Gasteiger partial charge is 0.257 e. The normalized spacial score (nSPS) is 26.0. The predicted molar refractivity (Wildman–Crippen MR) is 80.2 cm³/mol. The maximum absolute atomic E-state index is 12.7. The fourth-order valence-electron chi connectivity index (χ4n) is 2.66. The summed E-state index contributed by atoms with van der Waals surface area (Å²) in [5, 5.41) is 0. The van der Waals surface area contributed by atoms with E-state index in [1.54, 1.807) is 23.9 Å². The van der Waals surface area contributed by atoms with Crippen LogP contribution in [0.1, 0.15) is 6.42 Å². The molecule has 0 bridgehead atoms. The molecule has 1 aromatic carbocycles. The number of halogens is 3. The summed E-state index contributed by atoms with van der Waals surface area (Å²) in [4.78, 5) is 3.19. The summed E-state index contributed by atoms with van der Waals surface area (Å²) in [6.45, 7) is 2.71. The molecule has 1 aliphatic carbocycles. The average Bonchev–Trinajstić information content (AvgIpc) is 2.83. The number of nitrogens with zero attached hydrogens (tertiary/aromatic N) is 1. The van der Waals surface area contributed by atoms with E-state index in [-0.39, 0.29) is 17.7 Å². The molecule has 0 aromatic heterocycles. The molecule has 2 aliphatic rings. The summed E-state index contributed by atoms with van der Waals surface area (Å²) in [5.41, 5.74) is 5.33. The number of fused-ring (bicyclic) bond motifs is 1. The largest absolute Gasteiger partial charge is 0.330 e. The quantitative estimate of drug-likeness (QED) is 0.865. The molecular weight excluding hydrogens is 297 g/mol. The van der Waals surface area contributed by atoms with Crippen LogP contribution in [0.25, 0.3) is 0 Å². The highest BCUT2D eigenvalue weighted by Crippen LogP contribution is 2.59. The van der Waals surface area contributed by atoms with Crippen molar-refractivity contribution in [3.8, 4) is 0 Å². The number of thioether (sulfide) groups is 1. The number of benzene rings is 1. The third kappa shape index (κ3) is 4.14. The molecule has 1 heterocycles. The lowest BCUT2D eigenvalue weighted by molar-refractivity contribution is 0.0534. The third-order valence-electron chi connectivity index (χ3n) is 4.00. The zero-order chi connectivity index (χ0) is 15.5. The Bertz CT molecular complexity index is 439. The molecule has 2 nitrogen and oxygen atoms in total. The zero-order valence-corrected chi connectivity index (χ0v) is 12.9. The minimum Gasteiger partial charge on any atom is -0.330 e. The lowest BCUT2D eigenvalue weighted by Crippen LogP contribution is -2.29. The van der Waals surface area contributed by atoms with Crippen LogP contribution >= 0.6 is 11.8 Å². The van der Waals surface area contributed by atoms with Gasteiger partial charge in [0.1, 0.15) is 5.82 Å². The first-order chi connectivity index (χ1) is 9.98. The van der Waals surface area contributed by atoms with Crippen molar-refractivity contribution in [2.45, 2.75) is 17.2 Å². The molecule has 1 saturated carbocycles. The van der Waals surface area contributed by atoms with Gasteiger partial charge in [0.05, 0.1) is 0 Å². The van der Waals surface area contributed by atoms with Crippen molar-refractivity contribution in [2.24, 2.45) is 17.6 Å². The van der Waals surface area contributed by atoms with Crippen molar-refractivity contribution in [1.29, 1.82) is 0 Å². The Morgan fingerprint density at radius 3 is 2.29 bits per heavy atom. The van der Waals surface area contributed by atoms with E-state index in [9.17, 15) is 13.2 Å². The molecule has 1 saturated heterocycles. The number of hydrogen-bond donors (Lipinski definition) is 1. The van der Waals surface area contributed by atoms with Crippen LogP contribution in [0.5, 0.6) is 0 Å². The molecule has 2 unspecified atom stereocenters. The number of likely N-dealkylation sites (tertiary alicyclic amines) is 1. The molecular formula is C15H21F3N2S. The van der Waals surface area contributed by atoms with Gasteiger partial charge in [0.15, 0.2) is 0 Å². The Kier molecular flexibility index (Phi) is 5.57. The van der Waals surface area contributed by atoms with Crippen LogP contribution in [0, 0.1) is 17.7 Å². The van der Waals surface area contributed by atoms with Crippen molar-refractivity contribution >= 4 is 11.8 Å². The molecule has 0 radical (unpaired) electrons. The van der Waals surface area contributed by atoms with Crippen LogP contribution in [0.3, 0.4) is 0 Å². The van der Waals surface area contributed by atoms with Crippen LogP contribution < -0.4 is 5.73 Å². The topological polar surface area (TPSA) is 29.3 Å². The van der Waals surface area contributed by atoms with Crippen LogP contribution in [-0.2, 0) is 0 Å². The van der Waals surface area contributed by atoms with Crippen LogP contribution in [0.2, 0.25) is 0 Å². The Morgan fingerprint density at radius 2 is 1.81 bits per heavy atom. The van der Waals surface area contributed by atoms with Gasteiger partial charge < -0.3 is 10.6 Å². The molecule has 118 valence electrons. The van der Waals surface area contributed by atoms with E-state index in [0.29, 0.717) is 19.6 Å². The molecule has 21 heavy (non-hydrogen) atoms. The fraction of sp³-hybridized carbons (Fsp3) is 0.600. The third-order valence-corrected chi connectivity index (χ3v) is 4.75. The molecule has 0 spiro atoms. The van der Waals surface area contributed by atoms with Gasteiger partial charge in [0.25, 0.3) is 5.92 Å². The van der Waals surface area contributed by atoms with Crippen molar-refractivity contribution in [2.75, 3.05) is 32.4 Å². The number of nitrogens with two attached hydrogens (primary N) is 1. The minimum absolute atomic E-state index is 0.173. The summed E-state index contributed by atoms with van der Waals surface area (Å²) in [6.07, 6.45) is 2.89. The van der Waals surface area contributed by atoms with Gasteiger partial charge in [-0.05, 0) is 50.0 Å². The Hall–Kier alpha value is -0.720. The molecule has 6 heteroatoms. The second-order valence-electron chi connectivity index (χ2n) is 5.45. The molecule has 1 aromatic rings. The predicted octanol–water partition coefficient (Wildman–Crippen LogP) is 3.08. The van der Waals surface area contributed by atoms with Gasteiger partial charge in [-0.1, -0.05) is 0 Å². The second-order valence-corrected chi connectivity index (χ2v) is 6.33. The second kappa shape index (κ2) is 7.03. The first kappa shape index (κ1) is 16.6. The highest BCUT2D eigenvalue weighted by Gasteiger charge is 2.71. The summed E-state index contributed by atoms with van der Waals surface area (Å²) in [6, 6.07) is 6.46. The van der Waals surface area contributed by atoms with Gasteiger partial charge in [-0.3, -0.25) is 0 Å². The van der Waals surface area contributed by atoms with Gasteiger partial charge in [-0.15, -0.1) is 11.8 Å². The zero-order valence-electron chi connectivity index (χ0n) is 12.1. The Labute approximate surface area is 127 Å². The van der Waals surface area contributed by atoms with Gasteiger partial charge >= 0.3 is 0 Å². The lowest BCUT2D eigenvalue weighted by atomic mass is 10.3. The maximum atomic E-state index is 12.7. The van der Waals surface area contributed by atoms with Crippen molar-refractivity contribution in [3.05, 3.63) is 30.1 Å². The highest BCUT2D eigenvalue weighted by molar-refractivity contribution is 7.98. The Balaban J connectivity index is 0.000000161. The van der Waals surface area contributed by atoms with Gasteiger partial charge in [-0.25, -0.2) is 13.2 Å². The molecule has 2 N–H and O–H groups in total. The summed E-state index contributed by atoms with van der Waals surface area (Å²) < 4.78 is 37.6. The molecule has 2 fully saturated rings. The molecule has 0 amide bonds. The van der Waals surface area contributed by atoms with Crippen LogP contribution in [0.15, 0.2) is 29.2 Å². The van der Waals surface area contributed by atoms with Crippen LogP contribution in [0.4, 0.5) is 13.2 Å². The van der Waals surface area contributed by atoms with E-state index >= 15 is 0 Å². The summed E-state index contributed by atoms with van der Waals surface area (Å²) in [5.74, 6) is -3.18. The van der Waals surface area contributed by atoms with Gasteiger partial charge in [0.2, 0.25) is 0 Å². The van der Waals surface area contributed by atoms with Crippen LogP contribution in [-0.4, -0.2) is 43.3 Å². The molecule has 3 rings (SSSR count). The van der Waals surface area contributed by atoms with E-state index in [1.807, 2.05) is 6.26 Å². The fourth-order valence-corrected chi connectivity index (χ4v) is 3.07. The highest BCUT2D eigenvalue weighted by atomic mass is 32.2. The van der Waals surface area contributed by atoms with Gasteiger partial charge in [0, 0.05) is 29.8 Å². The van der Waals surface area contributed by atoms with E-state index in [0.717, 1.165) is 17.9 Å². The molecule has 2 atom stereocenters. The standard InChI is InChI=1S/C8H14F2N2.C7H7FS/c9-8(10)6-4-12(3-1-2-11)5-7(6)8;1-9-7-4-2-6(8)3-5-7/h6-7H,1-5,11H2;2-5H,1H3. The molecule has 1 aliphatic heterocycles. The Morgan fingerprint density at radius 1 is 1.24 bits per heavy atom. The SMILES string of the molecule is CSc1ccc(F)cc1.NCCCN1CC2C(C1)C2(F)F. The number of hydrogen-bond acceptors (Lipinski definition) is 3. The average molecular weight is 318 g/mol. The first-order valence-electron chi connectivity index (χ1n) is 7.08. The monoisotopic (exact) mass is 318 g/mol. The maximum Gasteiger partial charge on any atom is 0.257 e. The van der Waals surface area contributed by atoms with Gasteiger partial charge in [-0.2, -0.15) is 0 Å². The number of alkyl halides is 2.